The van der Waals surface area contributed by atoms with Crippen molar-refractivity contribution >= 4 is 11.6 Å². The molecule has 1 fully saturated rings. The number of hydrogen-bond donors (Lipinski definition) is 1. The first-order chi connectivity index (χ1) is 12.0. The molecule has 5 nitrogen and oxygen atoms in total. The van der Waals surface area contributed by atoms with Crippen LogP contribution in [0.4, 0.5) is 5.69 Å². The Morgan fingerprint density at radius 3 is 2.56 bits per heavy atom. The van der Waals surface area contributed by atoms with Gasteiger partial charge >= 0.3 is 0 Å². The Morgan fingerprint density at radius 1 is 1.16 bits per heavy atom. The molecule has 0 unspecified atom stereocenters. The topological polar surface area (TPSA) is 64.8 Å². The molecule has 0 aliphatic heterocycles. The third-order valence-electron chi connectivity index (χ3n) is 4.57. The molecule has 0 bridgehead atoms. The quantitative estimate of drug-likeness (QED) is 0.819. The standard InChI is InChI=1S/C20H24N2O3/c1-13-4-5-15(21)11-18(13)20(23)22(16-6-7-16)12-14-10-17(24-2)8-9-19(14)25-3/h4-5,8-11,16H,6-7,12,21H2,1-3H3. The summed E-state index contributed by atoms with van der Waals surface area (Å²) in [6.07, 6.45) is 2.05. The van der Waals surface area contributed by atoms with Gasteiger partial charge in [0.15, 0.2) is 0 Å². The average Bonchev–Trinajstić information content (AvgIpc) is 3.45. The van der Waals surface area contributed by atoms with Gasteiger partial charge in [-0.2, -0.15) is 0 Å². The van der Waals surface area contributed by atoms with Gasteiger partial charge in [0.1, 0.15) is 11.5 Å². The highest BCUT2D eigenvalue weighted by atomic mass is 16.5. The summed E-state index contributed by atoms with van der Waals surface area (Å²) in [7, 11) is 3.27. The van der Waals surface area contributed by atoms with E-state index in [1.807, 2.05) is 42.2 Å². The largest absolute Gasteiger partial charge is 0.497 e. The Kier molecular flexibility index (Phi) is 4.83. The van der Waals surface area contributed by atoms with Gasteiger partial charge in [-0.05, 0) is 55.7 Å². The van der Waals surface area contributed by atoms with Gasteiger partial charge in [-0.25, -0.2) is 0 Å². The molecule has 0 heterocycles. The molecule has 0 atom stereocenters. The Labute approximate surface area is 148 Å². The van der Waals surface area contributed by atoms with Crippen LogP contribution in [-0.2, 0) is 6.54 Å². The zero-order valence-corrected chi connectivity index (χ0v) is 14.9. The van der Waals surface area contributed by atoms with E-state index in [-0.39, 0.29) is 11.9 Å². The number of rotatable bonds is 6. The molecule has 1 saturated carbocycles. The maximum atomic E-state index is 13.2. The van der Waals surface area contributed by atoms with E-state index in [1.54, 1.807) is 20.3 Å². The fourth-order valence-corrected chi connectivity index (χ4v) is 2.97. The normalized spacial score (nSPS) is 13.4. The average molecular weight is 340 g/mol. The zero-order chi connectivity index (χ0) is 18.0. The van der Waals surface area contributed by atoms with Gasteiger partial charge < -0.3 is 20.1 Å². The Bertz CT molecular complexity index is 785. The monoisotopic (exact) mass is 340 g/mol. The predicted molar refractivity (Wildman–Crippen MR) is 98.0 cm³/mol. The summed E-state index contributed by atoms with van der Waals surface area (Å²) in [5.74, 6) is 1.51. The lowest BCUT2D eigenvalue weighted by Gasteiger charge is -2.25. The number of carbonyl (C=O) groups is 1. The summed E-state index contributed by atoms with van der Waals surface area (Å²) in [6, 6.07) is 11.4. The number of anilines is 1. The number of nitrogens with zero attached hydrogens (tertiary/aromatic N) is 1. The van der Waals surface area contributed by atoms with Crippen LogP contribution in [0.5, 0.6) is 11.5 Å². The maximum absolute atomic E-state index is 13.2. The molecule has 2 aromatic rings. The maximum Gasteiger partial charge on any atom is 0.254 e. The third-order valence-corrected chi connectivity index (χ3v) is 4.57. The number of amides is 1. The number of methoxy groups -OCH3 is 2. The number of nitrogens with two attached hydrogens (primary N) is 1. The van der Waals surface area contributed by atoms with Gasteiger partial charge in [0, 0.05) is 22.9 Å². The first-order valence-corrected chi connectivity index (χ1v) is 8.41. The van der Waals surface area contributed by atoms with Crippen LogP contribution in [-0.4, -0.2) is 31.1 Å². The van der Waals surface area contributed by atoms with E-state index >= 15 is 0 Å². The molecule has 1 amide bonds. The van der Waals surface area contributed by atoms with Crippen LogP contribution in [0.1, 0.15) is 34.3 Å². The van der Waals surface area contributed by atoms with Crippen LogP contribution in [0.2, 0.25) is 0 Å². The summed E-state index contributed by atoms with van der Waals surface area (Å²) in [5.41, 5.74) is 9.01. The van der Waals surface area contributed by atoms with E-state index in [0.717, 1.165) is 35.5 Å². The van der Waals surface area contributed by atoms with Crippen molar-refractivity contribution in [2.45, 2.75) is 32.4 Å². The molecular formula is C20H24N2O3. The number of carbonyl (C=O) groups excluding carboxylic acids is 1. The van der Waals surface area contributed by atoms with Crippen LogP contribution in [0.3, 0.4) is 0 Å². The fraction of sp³-hybridized carbons (Fsp3) is 0.350. The van der Waals surface area contributed by atoms with Crippen molar-refractivity contribution in [1.29, 1.82) is 0 Å². The SMILES string of the molecule is COc1ccc(OC)c(CN(C(=O)c2cc(N)ccc2C)C2CC2)c1. The summed E-state index contributed by atoms with van der Waals surface area (Å²) in [6.45, 7) is 2.42. The molecular weight excluding hydrogens is 316 g/mol. The highest BCUT2D eigenvalue weighted by molar-refractivity contribution is 5.96. The number of ether oxygens (including phenoxy) is 2. The van der Waals surface area contributed by atoms with E-state index in [4.69, 9.17) is 15.2 Å². The minimum atomic E-state index is 0.0113. The molecule has 0 saturated heterocycles. The number of nitrogen functional groups attached to an aromatic ring is 1. The summed E-state index contributed by atoms with van der Waals surface area (Å²) in [5, 5.41) is 0. The zero-order valence-electron chi connectivity index (χ0n) is 14.9. The van der Waals surface area contributed by atoms with E-state index in [0.29, 0.717) is 17.8 Å². The van der Waals surface area contributed by atoms with Crippen molar-refractivity contribution in [3.63, 3.8) is 0 Å². The van der Waals surface area contributed by atoms with Gasteiger partial charge in [-0.15, -0.1) is 0 Å². The van der Waals surface area contributed by atoms with E-state index in [9.17, 15) is 4.79 Å². The lowest BCUT2D eigenvalue weighted by Crippen LogP contribution is -2.33. The van der Waals surface area contributed by atoms with Gasteiger partial charge in [-0.3, -0.25) is 4.79 Å². The second-order valence-electron chi connectivity index (χ2n) is 6.42. The molecule has 5 heteroatoms. The van der Waals surface area contributed by atoms with Gasteiger partial charge in [0.25, 0.3) is 5.91 Å². The molecule has 3 rings (SSSR count). The number of aryl methyl sites for hydroxylation is 1. The Hall–Kier alpha value is -2.69. The van der Waals surface area contributed by atoms with E-state index in [1.165, 1.54) is 0 Å². The van der Waals surface area contributed by atoms with Gasteiger partial charge in [0.2, 0.25) is 0 Å². The first kappa shape index (κ1) is 17.1. The molecule has 1 aliphatic rings. The molecule has 25 heavy (non-hydrogen) atoms. The van der Waals surface area contributed by atoms with Crippen molar-refractivity contribution in [3.05, 3.63) is 53.1 Å². The third kappa shape index (κ3) is 3.71. The second-order valence-corrected chi connectivity index (χ2v) is 6.42. The van der Waals surface area contributed by atoms with Crippen molar-refractivity contribution < 1.29 is 14.3 Å². The Balaban J connectivity index is 1.92. The minimum absolute atomic E-state index is 0.0113. The fourth-order valence-electron chi connectivity index (χ4n) is 2.97. The predicted octanol–water partition coefficient (Wildman–Crippen LogP) is 3.40. The molecule has 132 valence electrons. The molecule has 2 N–H and O–H groups in total. The lowest BCUT2D eigenvalue weighted by molar-refractivity contribution is 0.0728. The number of hydrogen-bond acceptors (Lipinski definition) is 4. The molecule has 2 aromatic carbocycles. The lowest BCUT2D eigenvalue weighted by atomic mass is 10.1. The van der Waals surface area contributed by atoms with Crippen molar-refractivity contribution in [1.82, 2.24) is 4.90 Å². The van der Waals surface area contributed by atoms with Crippen LogP contribution in [0.25, 0.3) is 0 Å². The van der Waals surface area contributed by atoms with Crippen LogP contribution >= 0.6 is 0 Å². The van der Waals surface area contributed by atoms with Crippen molar-refractivity contribution in [2.75, 3.05) is 20.0 Å². The molecule has 0 spiro atoms. The van der Waals surface area contributed by atoms with Gasteiger partial charge in [-0.1, -0.05) is 6.07 Å². The first-order valence-electron chi connectivity index (χ1n) is 8.41. The highest BCUT2D eigenvalue weighted by Crippen LogP contribution is 2.33. The van der Waals surface area contributed by atoms with E-state index < -0.39 is 0 Å². The second kappa shape index (κ2) is 7.05. The minimum Gasteiger partial charge on any atom is -0.497 e. The molecule has 0 aromatic heterocycles. The number of benzene rings is 2. The smallest absolute Gasteiger partial charge is 0.254 e. The van der Waals surface area contributed by atoms with Crippen LogP contribution in [0, 0.1) is 6.92 Å². The van der Waals surface area contributed by atoms with Crippen LogP contribution in [0.15, 0.2) is 36.4 Å². The Morgan fingerprint density at radius 2 is 1.92 bits per heavy atom. The highest BCUT2D eigenvalue weighted by Gasteiger charge is 2.34. The summed E-state index contributed by atoms with van der Waals surface area (Å²) >= 11 is 0. The molecule has 0 radical (unpaired) electrons. The van der Waals surface area contributed by atoms with Crippen LogP contribution < -0.4 is 15.2 Å². The summed E-state index contributed by atoms with van der Waals surface area (Å²) < 4.78 is 10.8. The van der Waals surface area contributed by atoms with Crippen molar-refractivity contribution in [2.24, 2.45) is 0 Å². The summed E-state index contributed by atoms with van der Waals surface area (Å²) in [4.78, 5) is 15.1. The van der Waals surface area contributed by atoms with Crippen molar-refractivity contribution in [3.8, 4) is 11.5 Å². The molecule has 1 aliphatic carbocycles. The van der Waals surface area contributed by atoms with Gasteiger partial charge in [0.05, 0.1) is 20.8 Å². The van der Waals surface area contributed by atoms with E-state index in [2.05, 4.69) is 0 Å².